The second kappa shape index (κ2) is 11.0. The highest BCUT2D eigenvalue weighted by Gasteiger charge is 2.38. The van der Waals surface area contributed by atoms with Gasteiger partial charge < -0.3 is 0 Å². The van der Waals surface area contributed by atoms with Gasteiger partial charge in [0.05, 0.1) is 0 Å². The molecule has 8 rings (SSSR count). The molecule has 0 unspecified atom stereocenters. The topological polar surface area (TPSA) is 38.7 Å². The third-order valence-corrected chi connectivity index (χ3v) is 11.2. The van der Waals surface area contributed by atoms with Gasteiger partial charge in [-0.1, -0.05) is 120 Å². The van der Waals surface area contributed by atoms with E-state index in [0.717, 1.165) is 40.7 Å². The van der Waals surface area contributed by atoms with Crippen molar-refractivity contribution in [2.45, 2.75) is 77.6 Å². The molecular formula is C45H42FN3. The zero-order valence-corrected chi connectivity index (χ0v) is 29.4. The van der Waals surface area contributed by atoms with Gasteiger partial charge in [0.2, 0.25) is 0 Å². The first-order valence-electron chi connectivity index (χ1n) is 17.4. The summed E-state index contributed by atoms with van der Waals surface area (Å²) in [6, 6.07) is 34.9. The fourth-order valence-corrected chi connectivity index (χ4v) is 8.10. The molecule has 1 aromatic heterocycles. The van der Waals surface area contributed by atoms with E-state index in [1.807, 2.05) is 36.4 Å². The van der Waals surface area contributed by atoms with Crippen molar-refractivity contribution < 1.29 is 4.39 Å². The molecule has 5 aromatic carbocycles. The van der Waals surface area contributed by atoms with Crippen molar-refractivity contribution in [2.24, 2.45) is 0 Å². The van der Waals surface area contributed by atoms with Crippen LogP contribution in [0.1, 0.15) is 82.2 Å². The Morgan fingerprint density at radius 3 is 1.76 bits per heavy atom. The second-order valence-electron chi connectivity index (χ2n) is 15.8. The number of hydrogen-bond acceptors (Lipinski definition) is 3. The fraction of sp³-hybridized carbons (Fsp3) is 0.267. The van der Waals surface area contributed by atoms with Gasteiger partial charge in [0, 0.05) is 22.1 Å². The van der Waals surface area contributed by atoms with Crippen LogP contribution in [0.4, 0.5) is 4.39 Å². The molecule has 244 valence electrons. The number of fused-ring (bicyclic) bond motifs is 4. The zero-order valence-electron chi connectivity index (χ0n) is 29.4. The fourth-order valence-electron chi connectivity index (χ4n) is 8.10. The molecule has 6 aromatic rings. The zero-order chi connectivity index (χ0) is 34.3. The minimum atomic E-state index is -0.315. The Bertz CT molecular complexity index is 2280. The van der Waals surface area contributed by atoms with Gasteiger partial charge in [0.1, 0.15) is 5.82 Å². The Labute approximate surface area is 289 Å². The Balaban J connectivity index is 1.28. The lowest BCUT2D eigenvalue weighted by atomic mass is 9.62. The molecule has 0 aliphatic heterocycles. The van der Waals surface area contributed by atoms with Crippen molar-refractivity contribution in [3.8, 4) is 56.4 Å². The summed E-state index contributed by atoms with van der Waals surface area (Å²) in [6.45, 7) is 16.0. The van der Waals surface area contributed by atoms with Gasteiger partial charge in [-0.3, -0.25) is 0 Å². The number of aryl methyl sites for hydroxylation is 1. The van der Waals surface area contributed by atoms with E-state index in [2.05, 4.69) is 103 Å². The van der Waals surface area contributed by atoms with E-state index in [0.29, 0.717) is 23.0 Å². The van der Waals surface area contributed by atoms with E-state index in [1.54, 1.807) is 12.1 Å². The van der Waals surface area contributed by atoms with Crippen molar-refractivity contribution in [3.63, 3.8) is 0 Å². The Hall–Kier alpha value is -4.96. The minimum absolute atomic E-state index is 0.0446. The number of rotatable bonds is 4. The lowest BCUT2D eigenvalue weighted by Gasteiger charge is -2.42. The van der Waals surface area contributed by atoms with Gasteiger partial charge in [0.15, 0.2) is 17.5 Å². The molecule has 0 atom stereocenters. The maximum Gasteiger partial charge on any atom is 0.164 e. The molecule has 0 spiro atoms. The van der Waals surface area contributed by atoms with Gasteiger partial charge in [-0.15, -0.1) is 0 Å². The van der Waals surface area contributed by atoms with Crippen LogP contribution in [0.25, 0.3) is 56.4 Å². The third-order valence-electron chi connectivity index (χ3n) is 11.2. The van der Waals surface area contributed by atoms with Crippen molar-refractivity contribution in [2.75, 3.05) is 0 Å². The Morgan fingerprint density at radius 2 is 1.04 bits per heavy atom. The molecule has 3 nitrogen and oxygen atoms in total. The first-order valence-corrected chi connectivity index (χ1v) is 17.4. The molecule has 0 fully saturated rings. The molecule has 2 aliphatic rings. The summed E-state index contributed by atoms with van der Waals surface area (Å²) in [6.07, 6.45) is 2.27. The second-order valence-corrected chi connectivity index (χ2v) is 15.8. The van der Waals surface area contributed by atoms with E-state index in [1.165, 1.54) is 33.4 Å². The van der Waals surface area contributed by atoms with E-state index in [-0.39, 0.29) is 22.1 Å². The molecule has 49 heavy (non-hydrogen) atoms. The SMILES string of the molecule is Cc1cc2c(cc1-c1cc(F)cc(-c3nc(-c4ccccc4)nc(-c4ccc5c(c4)C(C)(C)c4ccccc4-5)n3)c1)C(C)(C)CCC2(C)C. The van der Waals surface area contributed by atoms with Crippen molar-refractivity contribution in [3.05, 3.63) is 137 Å². The lowest BCUT2D eigenvalue weighted by molar-refractivity contribution is 0.332. The number of nitrogens with zero attached hydrogens (tertiary/aromatic N) is 3. The maximum atomic E-state index is 15.7. The van der Waals surface area contributed by atoms with E-state index in [4.69, 9.17) is 15.0 Å². The number of benzene rings is 5. The number of aromatic nitrogens is 3. The molecule has 0 amide bonds. The average Bonchev–Trinajstić information content (AvgIpc) is 3.32. The number of hydrogen-bond donors (Lipinski definition) is 0. The summed E-state index contributed by atoms with van der Waals surface area (Å²) in [5.74, 6) is 1.26. The summed E-state index contributed by atoms with van der Waals surface area (Å²) < 4.78 is 15.7. The van der Waals surface area contributed by atoms with Gasteiger partial charge in [-0.05, 0) is 105 Å². The van der Waals surface area contributed by atoms with Crippen molar-refractivity contribution >= 4 is 0 Å². The van der Waals surface area contributed by atoms with E-state index < -0.39 is 0 Å². The van der Waals surface area contributed by atoms with Crippen LogP contribution in [0, 0.1) is 12.7 Å². The van der Waals surface area contributed by atoms with Crippen LogP contribution in [0.3, 0.4) is 0 Å². The highest BCUT2D eigenvalue weighted by Crippen LogP contribution is 2.50. The molecule has 0 saturated carbocycles. The van der Waals surface area contributed by atoms with Crippen LogP contribution in [0.2, 0.25) is 0 Å². The smallest absolute Gasteiger partial charge is 0.164 e. The van der Waals surface area contributed by atoms with Crippen LogP contribution in [0.15, 0.2) is 103 Å². The molecule has 0 saturated heterocycles. The summed E-state index contributed by atoms with van der Waals surface area (Å²) in [7, 11) is 0. The van der Waals surface area contributed by atoms with E-state index in [9.17, 15) is 0 Å². The quantitative estimate of drug-likeness (QED) is 0.192. The van der Waals surface area contributed by atoms with Gasteiger partial charge in [-0.2, -0.15) is 0 Å². The molecule has 2 aliphatic carbocycles. The summed E-state index contributed by atoms with van der Waals surface area (Å²) in [4.78, 5) is 15.0. The lowest BCUT2D eigenvalue weighted by Crippen LogP contribution is -2.34. The number of halogens is 1. The highest BCUT2D eigenvalue weighted by atomic mass is 19.1. The molecule has 1 heterocycles. The molecule has 0 radical (unpaired) electrons. The van der Waals surface area contributed by atoms with Crippen molar-refractivity contribution in [1.82, 2.24) is 15.0 Å². The third kappa shape index (κ3) is 5.20. The molecular weight excluding hydrogens is 602 g/mol. The Kier molecular flexibility index (Phi) is 7.05. The normalized spacial score (nSPS) is 16.5. The molecule has 0 bridgehead atoms. The predicted molar refractivity (Wildman–Crippen MR) is 199 cm³/mol. The minimum Gasteiger partial charge on any atom is -0.208 e. The first kappa shape index (κ1) is 31.3. The summed E-state index contributed by atoms with van der Waals surface area (Å²) in [5, 5.41) is 0. The summed E-state index contributed by atoms with van der Waals surface area (Å²) >= 11 is 0. The standard InChI is InChI=1S/C45H42FN3/c1-27-21-38-39(44(4,5)20-19-43(38,2)3)26-35(27)30-22-31(24-32(46)23-30)42-48-40(28-13-9-8-10-14-28)47-41(49-42)29-17-18-34-33-15-11-12-16-36(33)45(6,7)37(34)25-29/h8-18,21-26H,19-20H2,1-7H3. The van der Waals surface area contributed by atoms with Crippen LogP contribution in [-0.2, 0) is 16.2 Å². The molecule has 4 heteroatoms. The van der Waals surface area contributed by atoms with Crippen LogP contribution >= 0.6 is 0 Å². The average molecular weight is 644 g/mol. The van der Waals surface area contributed by atoms with Gasteiger partial charge in [0.25, 0.3) is 0 Å². The van der Waals surface area contributed by atoms with Gasteiger partial charge >= 0.3 is 0 Å². The largest absolute Gasteiger partial charge is 0.208 e. The van der Waals surface area contributed by atoms with Crippen LogP contribution in [-0.4, -0.2) is 15.0 Å². The van der Waals surface area contributed by atoms with E-state index >= 15 is 4.39 Å². The Morgan fingerprint density at radius 1 is 0.469 bits per heavy atom. The first-order chi connectivity index (χ1) is 23.3. The van der Waals surface area contributed by atoms with Crippen LogP contribution in [0.5, 0.6) is 0 Å². The molecule has 0 N–H and O–H groups in total. The van der Waals surface area contributed by atoms with Crippen molar-refractivity contribution in [1.29, 1.82) is 0 Å². The highest BCUT2D eigenvalue weighted by molar-refractivity contribution is 5.83. The monoisotopic (exact) mass is 643 g/mol. The van der Waals surface area contributed by atoms with Crippen LogP contribution < -0.4 is 0 Å². The van der Waals surface area contributed by atoms with Gasteiger partial charge in [-0.25, -0.2) is 19.3 Å². The maximum absolute atomic E-state index is 15.7. The summed E-state index contributed by atoms with van der Waals surface area (Å²) in [5.41, 5.74) is 13.3. The predicted octanol–water partition coefficient (Wildman–Crippen LogP) is 11.6.